The summed E-state index contributed by atoms with van der Waals surface area (Å²) in [4.78, 5) is 39.5. The van der Waals surface area contributed by atoms with E-state index in [1.807, 2.05) is 80.8 Å². The van der Waals surface area contributed by atoms with E-state index in [2.05, 4.69) is 84.2 Å². The average molecular weight is 1720 g/mol. The maximum atomic E-state index is 14.7. The molecule has 6 saturated carbocycles. The first-order chi connectivity index (χ1) is 59.3. The zero-order chi connectivity index (χ0) is 82.6. The van der Waals surface area contributed by atoms with Crippen molar-refractivity contribution in [3.05, 3.63) is 248 Å². The lowest BCUT2D eigenvalue weighted by molar-refractivity contribution is 0.544. The van der Waals surface area contributed by atoms with E-state index in [0.717, 1.165) is 169 Å². The zero-order valence-electron chi connectivity index (χ0n) is 65.9. The summed E-state index contributed by atoms with van der Waals surface area (Å²) in [6.45, 7) is 9.22. The van der Waals surface area contributed by atoms with Crippen LogP contribution in [0.25, 0.3) is 64.6 Å². The van der Waals surface area contributed by atoms with Gasteiger partial charge in [-0.3, -0.25) is 0 Å². The fourth-order valence-electron chi connectivity index (χ4n) is 19.9. The lowest BCUT2D eigenvalue weighted by Crippen LogP contribution is -2.34. The van der Waals surface area contributed by atoms with Crippen molar-refractivity contribution in [3.63, 3.8) is 0 Å². The second-order valence-corrected chi connectivity index (χ2v) is 38.2. The molecule has 34 heteroatoms. The molecule has 0 spiro atoms. The van der Waals surface area contributed by atoms with Gasteiger partial charge in [-0.2, -0.15) is 20.4 Å². The Bertz CT molecular complexity index is 6410. The van der Waals surface area contributed by atoms with Crippen LogP contribution in [0.1, 0.15) is 151 Å². The van der Waals surface area contributed by atoms with E-state index in [9.17, 15) is 35.1 Å². The van der Waals surface area contributed by atoms with E-state index in [0.29, 0.717) is 75.0 Å². The normalized spacial score (nSPS) is 23.7. The quantitative estimate of drug-likeness (QED) is 0.0873. The Morgan fingerprint density at radius 1 is 0.352 bits per heavy atom. The van der Waals surface area contributed by atoms with Gasteiger partial charge in [-0.05, 0) is 205 Å². The van der Waals surface area contributed by atoms with E-state index in [1.165, 1.54) is 115 Å². The number of rotatable bonds is 15. The van der Waals surface area contributed by atoms with Crippen LogP contribution in [0.4, 0.5) is 58.4 Å². The van der Waals surface area contributed by atoms with Crippen LogP contribution < -0.4 is 19.6 Å². The minimum Gasteiger partial charge on any atom is -0.346 e. The van der Waals surface area contributed by atoms with Gasteiger partial charge in [-0.1, -0.05) is 36.5 Å². The van der Waals surface area contributed by atoms with Crippen molar-refractivity contribution in [1.82, 2.24) is 88.8 Å². The molecule has 26 rings (SSSR count). The van der Waals surface area contributed by atoms with Gasteiger partial charge in [0, 0.05) is 103 Å². The number of aryl methyl sites for hydroxylation is 1. The number of thiazole rings is 2. The number of hydrogen-bond acceptors (Lipinski definition) is 22. The van der Waals surface area contributed by atoms with Gasteiger partial charge in [-0.25, -0.2) is 83.1 Å². The molecule has 22 nitrogen and oxygen atoms in total. The molecule has 0 radical (unpaired) electrons. The Kier molecular flexibility index (Phi) is 17.4. The SMILES string of the molecule is CC(C)c1ncc(-c2cnn3ccc(N4CC[C@H]5C[C@]54c4cc(F)ccc4F)nc23)s1.Cc1nnc(-c2cnn3ccc(N4CC[C@H]5C[C@]54c4cc(F)ccc4F)nc23)s1.Fc1ccc(F)c([C@@]23C[C@@H]2CCN3c2ccn3ncc(-c4cnc(C5CC5)s4)c3n2)c1.Fc1ccc(F)c([C@@]23C[C@@H]2CCN3c2ccn3ncc(-c4nnc(C5CC5)s4)c3n2)c1. The van der Waals surface area contributed by atoms with Crippen LogP contribution in [0.2, 0.25) is 0 Å². The van der Waals surface area contributed by atoms with Gasteiger partial charge in [-0.15, -0.1) is 43.1 Å². The fourth-order valence-corrected chi connectivity index (χ4v) is 23.7. The van der Waals surface area contributed by atoms with Crippen molar-refractivity contribution < 1.29 is 35.1 Å². The molecule has 0 bridgehead atoms. The van der Waals surface area contributed by atoms with Gasteiger partial charge in [0.2, 0.25) is 0 Å². The van der Waals surface area contributed by atoms with Crippen LogP contribution in [0.3, 0.4) is 0 Å². The van der Waals surface area contributed by atoms with Gasteiger partial charge >= 0.3 is 0 Å². The van der Waals surface area contributed by atoms with Crippen molar-refractivity contribution in [1.29, 1.82) is 0 Å². The van der Waals surface area contributed by atoms with E-state index in [-0.39, 0.29) is 23.3 Å². The molecule has 12 aromatic heterocycles. The molecule has 4 saturated heterocycles. The summed E-state index contributed by atoms with van der Waals surface area (Å²) < 4.78 is 122. The van der Waals surface area contributed by atoms with Gasteiger partial charge in [0.25, 0.3) is 0 Å². The monoisotopic (exact) mass is 1720 g/mol. The first kappa shape index (κ1) is 75.4. The highest BCUT2D eigenvalue weighted by molar-refractivity contribution is 7.16. The third kappa shape index (κ3) is 12.3. The molecule has 0 amide bonds. The van der Waals surface area contributed by atoms with Gasteiger partial charge in [0.1, 0.15) is 79.8 Å². The Labute approximate surface area is 707 Å². The maximum absolute atomic E-state index is 14.7. The molecule has 10 aliphatic rings. The molecule has 616 valence electrons. The van der Waals surface area contributed by atoms with Crippen molar-refractivity contribution in [2.45, 2.75) is 138 Å². The predicted octanol–water partition coefficient (Wildman–Crippen LogP) is 19.0. The highest BCUT2D eigenvalue weighted by atomic mass is 32.1. The van der Waals surface area contributed by atoms with E-state index < -0.39 is 45.4 Å². The molecule has 16 aromatic rings. The summed E-state index contributed by atoms with van der Waals surface area (Å²) in [6.07, 6.45) is 30.3. The van der Waals surface area contributed by atoms with Crippen molar-refractivity contribution in [2.24, 2.45) is 23.7 Å². The Hall–Kier alpha value is -11.6. The number of halogens is 8. The summed E-state index contributed by atoms with van der Waals surface area (Å²) >= 11 is 6.45. The highest BCUT2D eigenvalue weighted by Gasteiger charge is 2.68. The average Bonchev–Trinajstić information content (AvgIpc) is 1.54. The summed E-state index contributed by atoms with van der Waals surface area (Å²) in [5.74, 6) is 2.79. The Balaban J connectivity index is 0.0000000945. The van der Waals surface area contributed by atoms with Crippen LogP contribution in [0.5, 0.6) is 0 Å². The molecule has 4 aromatic carbocycles. The lowest BCUT2D eigenvalue weighted by Gasteiger charge is -2.30. The molecule has 4 aliphatic heterocycles. The van der Waals surface area contributed by atoms with E-state index in [4.69, 9.17) is 19.9 Å². The molecule has 0 N–H and O–H groups in total. The molecule has 122 heavy (non-hydrogen) atoms. The summed E-state index contributed by atoms with van der Waals surface area (Å²) in [5.41, 5.74) is 6.16. The van der Waals surface area contributed by atoms with Crippen LogP contribution >= 0.6 is 45.3 Å². The second-order valence-electron chi connectivity index (χ2n) is 33.9. The number of anilines is 4. The molecule has 0 unspecified atom stereocenters. The van der Waals surface area contributed by atoms with Gasteiger partial charge in [0.15, 0.2) is 32.6 Å². The Morgan fingerprint density at radius 2 is 0.689 bits per heavy atom. The third-order valence-electron chi connectivity index (χ3n) is 26.5. The number of aromatic nitrogens is 18. The van der Waals surface area contributed by atoms with Crippen molar-refractivity contribution in [2.75, 3.05) is 45.8 Å². The first-order valence-corrected chi connectivity index (χ1v) is 44.4. The smallest absolute Gasteiger partial charge is 0.167 e. The van der Waals surface area contributed by atoms with Crippen molar-refractivity contribution in [3.8, 4) is 42.0 Å². The molecule has 10 fully saturated rings. The summed E-state index contributed by atoms with van der Waals surface area (Å²) in [5, 5.41) is 40.5. The van der Waals surface area contributed by atoms with Crippen LogP contribution in [-0.2, 0) is 22.2 Å². The minimum atomic E-state index is -0.517. The number of benzene rings is 4. The Morgan fingerprint density at radius 3 is 1.03 bits per heavy atom. The molecular weight excluding hydrogens is 1650 g/mol. The number of fused-ring (bicyclic) bond motifs is 8. The number of nitrogens with zero attached hydrogens (tertiary/aromatic N) is 22. The predicted molar refractivity (Wildman–Crippen MR) is 447 cm³/mol. The largest absolute Gasteiger partial charge is 0.346 e. The molecule has 16 heterocycles. The van der Waals surface area contributed by atoms with Gasteiger partial charge < -0.3 is 19.6 Å². The minimum absolute atomic E-state index is 0.312. The van der Waals surface area contributed by atoms with Crippen LogP contribution in [-0.4, -0.2) is 115 Å². The molecule has 6 aliphatic carbocycles. The number of piperidine rings is 4. The maximum Gasteiger partial charge on any atom is 0.167 e. The third-order valence-corrected chi connectivity index (χ3v) is 31.0. The summed E-state index contributed by atoms with van der Waals surface area (Å²) in [6, 6.07) is 22.6. The lowest BCUT2D eigenvalue weighted by atomic mass is 10.0. The topological polar surface area (TPSA) is 211 Å². The second kappa shape index (κ2) is 28.2. The van der Waals surface area contributed by atoms with Gasteiger partial charge in [0.05, 0.1) is 89.0 Å². The molecular formula is C88H74F8N22S4. The van der Waals surface area contributed by atoms with E-state index in [1.54, 1.807) is 64.5 Å². The number of hydrogen-bond donors (Lipinski definition) is 0. The van der Waals surface area contributed by atoms with Crippen molar-refractivity contribution >= 4 is 91.2 Å². The summed E-state index contributed by atoms with van der Waals surface area (Å²) in [7, 11) is 0. The standard InChI is InChI=1S/C23H19F2N5S.C23H21F2N5S.C22H18F2N6S.C20H16F2N6S/c24-15-3-4-18(25)17(9-15)23-10-14(23)5-7-29(23)20-6-8-30-21(28-20)16(11-27-30)19-12-26-22(31-19)13-1-2-13;1-13(2)22-26-12-19(31-22)16-11-27-30-8-6-20(28-21(16)30)29-7-5-14-10-23(14,29)17-9-15(24)3-4-18(17)25;23-14-3-4-17(24)16(9-14)22-10-13(22)5-7-29(22)18-6-8-30-19(26-18)15(11-25-30)21-28-27-20(31-21)12-1-2-12;1-11-25-26-19(29-11)14-10-23-28-7-5-17(24-18(14)28)27-6-4-12-9-20(12,27)15-8-13(21)2-3-16(15)22/h3-4,6,8-9,11-14H,1-2,5,7,10H2;3-4,6,8-9,11-14H,5,7,10H2,1-2H3;3-4,6,8-9,11-13H,1-2,5,7,10H2;2-3,5,7-8,10,12H,4,6,9H2,1H3/t2*14-,23+;13-,22+;12-,20+/m0000/s1. The zero-order valence-corrected chi connectivity index (χ0v) is 69.1. The molecule has 8 atom stereocenters. The fraction of sp³-hybridized carbons (Fsp3) is 0.341. The van der Waals surface area contributed by atoms with E-state index >= 15 is 0 Å². The van der Waals surface area contributed by atoms with Crippen LogP contribution in [0.15, 0.2) is 159 Å². The first-order valence-electron chi connectivity index (χ1n) is 41.2. The van der Waals surface area contributed by atoms with Crippen LogP contribution in [0, 0.1) is 77.1 Å². The highest BCUT2D eigenvalue weighted by Crippen LogP contribution is 2.68.